The van der Waals surface area contributed by atoms with Crippen LogP contribution in [0.3, 0.4) is 0 Å². The fourth-order valence-electron chi connectivity index (χ4n) is 1.01. The molecule has 0 aliphatic rings. The average molecular weight is 212 g/mol. The van der Waals surface area contributed by atoms with Crippen LogP contribution in [0.4, 0.5) is 5.69 Å². The molecule has 0 saturated carbocycles. The number of anilines is 1. The van der Waals surface area contributed by atoms with E-state index in [2.05, 4.69) is 38.6 Å². The molecule has 0 spiro atoms. The minimum Gasteiger partial charge on any atom is -0.291 e. The Morgan fingerprint density at radius 2 is 2.00 bits per heavy atom. The molecule has 0 saturated heterocycles. The van der Waals surface area contributed by atoms with Gasteiger partial charge in [0.1, 0.15) is 5.82 Å². The maximum absolute atomic E-state index is 4.22. The van der Waals surface area contributed by atoms with Gasteiger partial charge in [-0.3, -0.25) is 4.78 Å². The molecule has 0 aliphatic heterocycles. The highest BCUT2D eigenvalue weighted by molar-refractivity contribution is 7.18. The van der Waals surface area contributed by atoms with Crippen molar-refractivity contribution in [3.8, 4) is 0 Å². The molecule has 1 aromatic rings. The van der Waals surface area contributed by atoms with Gasteiger partial charge in [-0.2, -0.15) is 0 Å². The lowest BCUT2D eigenvalue weighted by molar-refractivity contribution is 0.623. The molecule has 1 rings (SSSR count). The Morgan fingerprint density at radius 3 is 2.43 bits per heavy atom. The summed E-state index contributed by atoms with van der Waals surface area (Å²) in [7, 11) is 2.59. The highest BCUT2D eigenvalue weighted by Crippen LogP contribution is 2.13. The van der Waals surface area contributed by atoms with Crippen molar-refractivity contribution in [1.29, 1.82) is 0 Å². The Kier molecular flexibility index (Phi) is 4.23. The van der Waals surface area contributed by atoms with Crippen LogP contribution >= 0.6 is 9.39 Å². The third kappa shape index (κ3) is 3.20. The summed E-state index contributed by atoms with van der Waals surface area (Å²) < 4.78 is 1.85. The summed E-state index contributed by atoms with van der Waals surface area (Å²) in [4.78, 5) is 8.44. The molecule has 1 atom stereocenters. The quantitative estimate of drug-likeness (QED) is 0.607. The van der Waals surface area contributed by atoms with E-state index in [4.69, 9.17) is 0 Å². The van der Waals surface area contributed by atoms with Gasteiger partial charge in [0.05, 0.1) is 18.1 Å². The van der Waals surface area contributed by atoms with Crippen LogP contribution in [-0.4, -0.2) is 16.0 Å². The van der Waals surface area contributed by atoms with Crippen molar-refractivity contribution in [1.82, 2.24) is 15.4 Å². The highest BCUT2D eigenvalue weighted by Gasteiger charge is 2.03. The second-order valence-electron chi connectivity index (χ2n) is 3.36. The zero-order valence-corrected chi connectivity index (χ0v) is 10.0. The topological polar surface area (TPSA) is 41.1 Å². The summed E-state index contributed by atoms with van der Waals surface area (Å²) in [6.45, 7) is 6.20. The van der Waals surface area contributed by atoms with Crippen LogP contribution in [0, 0.1) is 0 Å². The summed E-state index contributed by atoms with van der Waals surface area (Å²) in [6.07, 6.45) is 4.50. The third-order valence-electron chi connectivity index (χ3n) is 1.68. The van der Waals surface area contributed by atoms with E-state index in [9.17, 15) is 0 Å². The van der Waals surface area contributed by atoms with Gasteiger partial charge < -0.3 is 0 Å². The number of rotatable bonds is 4. The van der Waals surface area contributed by atoms with E-state index in [-0.39, 0.29) is 0 Å². The number of hydrazine groups is 1. The molecule has 78 valence electrons. The summed E-state index contributed by atoms with van der Waals surface area (Å²) in [6, 6.07) is 0.387. The standard InChI is InChI=1S/C9H17N4P/c1-4-9-10-5-8(6-11-9)13(14)12-7(2)3/h5-7,12H,4,14H2,1-3H3. The van der Waals surface area contributed by atoms with Crippen LogP contribution in [0.5, 0.6) is 0 Å². The van der Waals surface area contributed by atoms with E-state index < -0.39 is 0 Å². The predicted octanol–water partition coefficient (Wildman–Crippen LogP) is 1.55. The van der Waals surface area contributed by atoms with E-state index >= 15 is 0 Å². The van der Waals surface area contributed by atoms with Gasteiger partial charge in [0.2, 0.25) is 0 Å². The molecule has 0 aliphatic carbocycles. The van der Waals surface area contributed by atoms with Crippen molar-refractivity contribution < 1.29 is 0 Å². The normalized spacial score (nSPS) is 10.6. The summed E-state index contributed by atoms with van der Waals surface area (Å²) >= 11 is 0. The maximum atomic E-state index is 4.22. The third-order valence-corrected chi connectivity index (χ3v) is 2.13. The van der Waals surface area contributed by atoms with Crippen molar-refractivity contribution in [3.63, 3.8) is 0 Å². The Bertz CT molecular complexity index is 273. The Hall–Kier alpha value is -0.730. The molecule has 0 radical (unpaired) electrons. The molecule has 14 heavy (non-hydrogen) atoms. The van der Waals surface area contributed by atoms with Crippen LogP contribution in [0.2, 0.25) is 0 Å². The second kappa shape index (κ2) is 5.23. The van der Waals surface area contributed by atoms with Crippen LogP contribution in [0.15, 0.2) is 12.4 Å². The van der Waals surface area contributed by atoms with Crippen LogP contribution in [0.1, 0.15) is 26.6 Å². The van der Waals surface area contributed by atoms with Crippen molar-refractivity contribution in [3.05, 3.63) is 18.2 Å². The van der Waals surface area contributed by atoms with Crippen LogP contribution in [0.25, 0.3) is 0 Å². The lowest BCUT2D eigenvalue weighted by Gasteiger charge is -2.21. The molecule has 0 amide bonds. The van der Waals surface area contributed by atoms with Crippen molar-refractivity contribution in [2.45, 2.75) is 33.2 Å². The summed E-state index contributed by atoms with van der Waals surface area (Å²) in [5.41, 5.74) is 4.16. The van der Waals surface area contributed by atoms with Crippen LogP contribution < -0.4 is 10.2 Å². The Morgan fingerprint density at radius 1 is 1.43 bits per heavy atom. The SMILES string of the molecule is CCc1ncc(N(P)NC(C)C)cn1. The molecule has 1 aromatic heterocycles. The first-order valence-electron chi connectivity index (χ1n) is 4.75. The van der Waals surface area contributed by atoms with Crippen molar-refractivity contribution in [2.75, 3.05) is 4.78 Å². The maximum Gasteiger partial charge on any atom is 0.128 e. The van der Waals surface area contributed by atoms with Crippen molar-refractivity contribution in [2.24, 2.45) is 0 Å². The highest BCUT2D eigenvalue weighted by atomic mass is 31.0. The fourth-order valence-corrected chi connectivity index (χ4v) is 1.44. The van der Waals surface area contributed by atoms with Gasteiger partial charge >= 0.3 is 0 Å². The number of nitrogens with one attached hydrogen (secondary N) is 1. The van der Waals surface area contributed by atoms with E-state index in [0.717, 1.165) is 17.9 Å². The molecular weight excluding hydrogens is 195 g/mol. The molecule has 4 nitrogen and oxygen atoms in total. The number of aryl methyl sites for hydroxylation is 1. The molecule has 1 N–H and O–H groups in total. The first kappa shape index (κ1) is 11.3. The zero-order chi connectivity index (χ0) is 10.6. The van der Waals surface area contributed by atoms with Gasteiger partial charge in [-0.25, -0.2) is 15.4 Å². The van der Waals surface area contributed by atoms with Crippen molar-refractivity contribution >= 4 is 15.1 Å². The molecule has 1 unspecified atom stereocenters. The molecule has 5 heteroatoms. The lowest BCUT2D eigenvalue weighted by Crippen LogP contribution is -2.35. The molecule has 0 aromatic carbocycles. The van der Waals surface area contributed by atoms with Gasteiger partial charge in [0.25, 0.3) is 0 Å². The summed E-state index contributed by atoms with van der Waals surface area (Å²) in [5, 5.41) is 0. The fraction of sp³-hybridized carbons (Fsp3) is 0.556. The number of hydrogen-bond donors (Lipinski definition) is 1. The number of nitrogens with zero attached hydrogens (tertiary/aromatic N) is 3. The van der Waals surface area contributed by atoms with Gasteiger partial charge in [0, 0.05) is 12.5 Å². The summed E-state index contributed by atoms with van der Waals surface area (Å²) in [5.74, 6) is 0.872. The van der Waals surface area contributed by atoms with E-state index in [0.29, 0.717) is 6.04 Å². The molecule has 0 fully saturated rings. The van der Waals surface area contributed by atoms with E-state index in [1.807, 2.05) is 24.1 Å². The molecular formula is C9H17N4P. The average Bonchev–Trinajstić information content (AvgIpc) is 2.17. The second-order valence-corrected chi connectivity index (χ2v) is 3.88. The monoisotopic (exact) mass is 212 g/mol. The Labute approximate surface area is 87.4 Å². The van der Waals surface area contributed by atoms with Gasteiger partial charge in [-0.1, -0.05) is 6.92 Å². The van der Waals surface area contributed by atoms with E-state index in [1.54, 1.807) is 0 Å². The lowest BCUT2D eigenvalue weighted by atomic mass is 10.4. The predicted molar refractivity (Wildman–Crippen MR) is 61.9 cm³/mol. The number of aromatic nitrogens is 2. The molecule has 1 heterocycles. The smallest absolute Gasteiger partial charge is 0.128 e. The minimum absolute atomic E-state index is 0.387. The molecule has 0 bridgehead atoms. The van der Waals surface area contributed by atoms with Gasteiger partial charge in [-0.05, 0) is 23.2 Å². The van der Waals surface area contributed by atoms with Crippen LogP contribution in [-0.2, 0) is 6.42 Å². The Balaban J connectivity index is 2.66. The first-order valence-corrected chi connectivity index (χ1v) is 5.27. The van der Waals surface area contributed by atoms with Gasteiger partial charge in [-0.15, -0.1) is 0 Å². The largest absolute Gasteiger partial charge is 0.291 e. The number of hydrogen-bond acceptors (Lipinski definition) is 4. The van der Waals surface area contributed by atoms with E-state index in [1.165, 1.54) is 0 Å². The zero-order valence-electron chi connectivity index (χ0n) is 8.86. The minimum atomic E-state index is 0.387. The van der Waals surface area contributed by atoms with Gasteiger partial charge in [0.15, 0.2) is 0 Å². The first-order chi connectivity index (χ1) is 6.63.